The Hall–Kier alpha value is -2.48. The monoisotopic (exact) mass is 495 g/mol. The summed E-state index contributed by atoms with van der Waals surface area (Å²) in [5.74, 6) is 0. The first-order valence-electron chi connectivity index (χ1n) is 12.1. The normalized spacial score (nSPS) is 12.9. The lowest BCUT2D eigenvalue weighted by atomic mass is 10.0. The molecule has 2 N–H and O–H groups in total. The summed E-state index contributed by atoms with van der Waals surface area (Å²) in [6.07, 6.45) is 0. The van der Waals surface area contributed by atoms with Crippen LogP contribution in [0, 0.1) is 0 Å². The zero-order valence-electron chi connectivity index (χ0n) is 21.7. The van der Waals surface area contributed by atoms with Gasteiger partial charge in [0.2, 0.25) is 0 Å². The van der Waals surface area contributed by atoms with Crippen molar-refractivity contribution < 1.29 is 9.53 Å². The van der Waals surface area contributed by atoms with Crippen molar-refractivity contribution in [3.05, 3.63) is 90.0 Å². The molecule has 1 saturated heterocycles. The van der Waals surface area contributed by atoms with Crippen molar-refractivity contribution in [1.29, 1.82) is 0 Å². The highest BCUT2D eigenvalue weighted by Crippen LogP contribution is 2.27. The molecule has 1 aliphatic rings. The number of rotatable bonds is 7. The van der Waals surface area contributed by atoms with Crippen molar-refractivity contribution in [3.8, 4) is 11.1 Å². The fraction of sp³-hybridized carbons (Fsp3) is 0.345. The van der Waals surface area contributed by atoms with Crippen molar-refractivity contribution in [2.75, 3.05) is 40.4 Å². The third kappa shape index (κ3) is 11.2. The molecule has 0 amide bonds. The van der Waals surface area contributed by atoms with Crippen LogP contribution >= 0.6 is 11.9 Å². The van der Waals surface area contributed by atoms with Gasteiger partial charge in [0.15, 0.2) is 0 Å². The first-order chi connectivity index (χ1) is 17.3. The number of benzene rings is 3. The molecule has 0 radical (unpaired) electrons. The van der Waals surface area contributed by atoms with Crippen LogP contribution in [-0.2, 0) is 22.6 Å². The van der Waals surface area contributed by atoms with E-state index in [1.165, 1.54) is 34.2 Å². The van der Waals surface area contributed by atoms with Gasteiger partial charge in [-0.1, -0.05) is 80.6 Å². The number of carbonyl (C=O) groups is 1. The van der Waals surface area contributed by atoms with Crippen LogP contribution in [0.15, 0.2) is 83.8 Å². The van der Waals surface area contributed by atoms with Gasteiger partial charge in [-0.25, -0.2) is 4.31 Å². The summed E-state index contributed by atoms with van der Waals surface area (Å²) in [4.78, 5) is 11.6. The molecule has 0 aromatic heterocycles. The Labute approximate surface area is 216 Å². The predicted octanol–water partition coefficient (Wildman–Crippen LogP) is 5.74. The lowest BCUT2D eigenvalue weighted by Crippen LogP contribution is -2.30. The summed E-state index contributed by atoms with van der Waals surface area (Å²) >= 11 is 1.83. The maximum atomic E-state index is 8.00. The zero-order valence-corrected chi connectivity index (χ0v) is 22.5. The summed E-state index contributed by atoms with van der Waals surface area (Å²) in [5.41, 5.74) is 9.72. The molecule has 3 aromatic carbocycles. The Morgan fingerprint density at radius 2 is 1.26 bits per heavy atom. The average Bonchev–Trinajstić information content (AvgIpc) is 2.94. The standard InChI is InChI=1S/C25H28N2OS.C2H6.CH5N.CH2O/c1-26(19-21-5-3-2-4-6-21)20-22-7-9-23(10-8-22)24-11-13-25(14-12-24)29-27-15-17-28-18-16-27;3*1-2/h2-14H,15-20H2,1H3;1-2H3;2H2,1H3;1H2. The van der Waals surface area contributed by atoms with Gasteiger partial charge in [0.1, 0.15) is 6.79 Å². The van der Waals surface area contributed by atoms with Gasteiger partial charge in [0.05, 0.1) is 13.2 Å². The Morgan fingerprint density at radius 3 is 1.77 bits per heavy atom. The van der Waals surface area contributed by atoms with E-state index in [1.54, 1.807) is 0 Å². The van der Waals surface area contributed by atoms with E-state index < -0.39 is 0 Å². The van der Waals surface area contributed by atoms with Crippen LogP contribution in [-0.4, -0.2) is 56.4 Å². The highest BCUT2D eigenvalue weighted by Gasteiger charge is 2.11. The van der Waals surface area contributed by atoms with Gasteiger partial charge < -0.3 is 15.3 Å². The van der Waals surface area contributed by atoms with Crippen LogP contribution in [0.1, 0.15) is 25.0 Å². The molecule has 0 atom stereocenters. The molecule has 1 aliphatic heterocycles. The minimum atomic E-state index is 0.831. The molecule has 0 saturated carbocycles. The topological polar surface area (TPSA) is 58.8 Å². The third-order valence-corrected chi connectivity index (χ3v) is 6.20. The fourth-order valence-corrected chi connectivity index (χ4v) is 4.45. The number of carbonyl (C=O) groups excluding carboxylic acids is 1. The molecule has 0 bridgehead atoms. The number of nitrogens with two attached hydrogens (primary N) is 1. The predicted molar refractivity (Wildman–Crippen MR) is 150 cm³/mol. The van der Waals surface area contributed by atoms with Gasteiger partial charge >= 0.3 is 0 Å². The minimum absolute atomic E-state index is 0.831. The van der Waals surface area contributed by atoms with Crippen LogP contribution in [0.2, 0.25) is 0 Å². The van der Waals surface area contributed by atoms with Gasteiger partial charge in [0.25, 0.3) is 0 Å². The molecule has 6 heteroatoms. The van der Waals surface area contributed by atoms with Crippen molar-refractivity contribution in [3.63, 3.8) is 0 Å². The largest absolute Gasteiger partial charge is 0.379 e. The minimum Gasteiger partial charge on any atom is -0.379 e. The van der Waals surface area contributed by atoms with E-state index in [2.05, 4.69) is 101 Å². The third-order valence-electron chi connectivity index (χ3n) is 5.09. The van der Waals surface area contributed by atoms with Crippen molar-refractivity contribution in [2.45, 2.75) is 31.8 Å². The van der Waals surface area contributed by atoms with Gasteiger partial charge in [-0.2, -0.15) is 0 Å². The Bertz CT molecular complexity index is 899. The summed E-state index contributed by atoms with van der Waals surface area (Å²) in [5, 5.41) is 0. The molecule has 3 aromatic rings. The van der Waals surface area contributed by atoms with Crippen LogP contribution in [0.25, 0.3) is 11.1 Å². The summed E-state index contributed by atoms with van der Waals surface area (Å²) in [6, 6.07) is 28.5. The van der Waals surface area contributed by atoms with Crippen LogP contribution in [0.5, 0.6) is 0 Å². The number of hydrogen-bond donors (Lipinski definition) is 1. The van der Waals surface area contributed by atoms with Gasteiger partial charge in [-0.05, 0) is 60.4 Å². The fourth-order valence-electron chi connectivity index (χ4n) is 3.56. The van der Waals surface area contributed by atoms with Gasteiger partial charge in [0, 0.05) is 31.1 Å². The van der Waals surface area contributed by atoms with Crippen molar-refractivity contribution >= 4 is 18.7 Å². The quantitative estimate of drug-likeness (QED) is 0.422. The number of nitrogens with zero attached hydrogens (tertiary/aromatic N) is 2. The number of hydrogen-bond acceptors (Lipinski definition) is 6. The summed E-state index contributed by atoms with van der Waals surface area (Å²) < 4.78 is 7.79. The second-order valence-electron chi connectivity index (χ2n) is 7.51. The molecule has 1 fully saturated rings. The molecular formula is C29H41N3O2S. The van der Waals surface area contributed by atoms with Crippen molar-refractivity contribution in [1.82, 2.24) is 9.21 Å². The Morgan fingerprint density at radius 1 is 0.800 bits per heavy atom. The van der Waals surface area contributed by atoms with Crippen LogP contribution < -0.4 is 5.73 Å². The van der Waals surface area contributed by atoms with Crippen LogP contribution in [0.3, 0.4) is 0 Å². The lowest BCUT2D eigenvalue weighted by Gasteiger charge is -2.25. The zero-order chi connectivity index (χ0) is 25.9. The van der Waals surface area contributed by atoms with Crippen molar-refractivity contribution in [2.24, 2.45) is 5.73 Å². The molecule has 1 heterocycles. The first kappa shape index (κ1) is 30.6. The molecule has 0 unspecified atom stereocenters. The average molecular weight is 496 g/mol. The molecule has 0 aliphatic carbocycles. The summed E-state index contributed by atoms with van der Waals surface area (Å²) in [6.45, 7) is 11.6. The van der Waals surface area contributed by atoms with Crippen LogP contribution in [0.4, 0.5) is 0 Å². The van der Waals surface area contributed by atoms with Gasteiger partial charge in [-0.3, -0.25) is 4.90 Å². The maximum Gasteiger partial charge on any atom is 0.106 e. The molecular weight excluding hydrogens is 454 g/mol. The maximum absolute atomic E-state index is 8.00. The van der Waals surface area contributed by atoms with E-state index in [4.69, 9.17) is 9.53 Å². The molecule has 35 heavy (non-hydrogen) atoms. The van der Waals surface area contributed by atoms with Gasteiger partial charge in [-0.15, -0.1) is 0 Å². The second kappa shape index (κ2) is 18.8. The number of morpholine rings is 1. The smallest absolute Gasteiger partial charge is 0.106 e. The second-order valence-corrected chi connectivity index (χ2v) is 8.68. The van der Waals surface area contributed by atoms with E-state index in [9.17, 15) is 0 Å². The Balaban J connectivity index is 0.000000949. The number of ether oxygens (including phenoxy) is 1. The highest BCUT2D eigenvalue weighted by molar-refractivity contribution is 7.97. The molecule has 4 rings (SSSR count). The first-order valence-corrected chi connectivity index (χ1v) is 12.8. The van der Waals surface area contributed by atoms with E-state index in [0.29, 0.717) is 0 Å². The molecule has 190 valence electrons. The summed E-state index contributed by atoms with van der Waals surface area (Å²) in [7, 11) is 3.67. The van der Waals surface area contributed by atoms with E-state index in [0.717, 1.165) is 39.4 Å². The molecule has 0 spiro atoms. The van der Waals surface area contributed by atoms with E-state index >= 15 is 0 Å². The lowest BCUT2D eigenvalue weighted by molar-refractivity contribution is -0.0979. The van der Waals surface area contributed by atoms with E-state index in [1.807, 2.05) is 32.6 Å². The highest BCUT2D eigenvalue weighted by atomic mass is 32.2. The van der Waals surface area contributed by atoms with E-state index in [-0.39, 0.29) is 0 Å². The Kier molecular flexibility index (Phi) is 16.4. The molecule has 5 nitrogen and oxygen atoms in total. The SMILES string of the molecule is C=O.CC.CN.CN(Cc1ccccc1)Cc1ccc(-c2ccc(SN3CCOCC3)cc2)cc1.